The molecule has 1 heterocycles. The third kappa shape index (κ3) is 8.57. The van der Waals surface area contributed by atoms with Crippen LogP contribution in [0.4, 0.5) is 4.79 Å². The Morgan fingerprint density at radius 2 is 1.55 bits per heavy atom. The lowest BCUT2D eigenvalue weighted by Gasteiger charge is -2.34. The van der Waals surface area contributed by atoms with Crippen LogP contribution >= 0.6 is 0 Å². The second-order valence-electron chi connectivity index (χ2n) is 7.73. The summed E-state index contributed by atoms with van der Waals surface area (Å²) in [5, 5.41) is 2.62. The number of hydrogen-bond donors (Lipinski definition) is 1. The van der Waals surface area contributed by atoms with Gasteiger partial charge in [0.05, 0.1) is 19.3 Å². The van der Waals surface area contributed by atoms with E-state index >= 15 is 0 Å². The minimum Gasteiger partial charge on any atom is -0.463 e. The summed E-state index contributed by atoms with van der Waals surface area (Å²) in [6, 6.07) is 0. The molecule has 0 atom stereocenters. The lowest BCUT2D eigenvalue weighted by molar-refractivity contribution is -0.204. The Morgan fingerprint density at radius 1 is 1.00 bits per heavy atom. The average molecular weight is 417 g/mol. The quantitative estimate of drug-likeness (QED) is 0.250. The number of esters is 2. The zero-order valence-corrected chi connectivity index (χ0v) is 18.2. The normalized spacial score (nSPS) is 15.5. The van der Waals surface area contributed by atoms with Gasteiger partial charge in [-0.1, -0.05) is 0 Å². The van der Waals surface area contributed by atoms with Gasteiger partial charge in [-0.15, -0.1) is 0 Å². The predicted molar refractivity (Wildman–Crippen MR) is 104 cm³/mol. The van der Waals surface area contributed by atoms with Crippen molar-refractivity contribution in [3.8, 4) is 0 Å². The van der Waals surface area contributed by atoms with Crippen molar-refractivity contribution in [1.29, 1.82) is 0 Å². The van der Waals surface area contributed by atoms with Crippen molar-refractivity contribution in [2.24, 2.45) is 0 Å². The fourth-order valence-corrected chi connectivity index (χ4v) is 2.86. The van der Waals surface area contributed by atoms with Crippen molar-refractivity contribution in [1.82, 2.24) is 5.32 Å². The summed E-state index contributed by atoms with van der Waals surface area (Å²) in [6.07, 6.45) is 0.544. The van der Waals surface area contributed by atoms with Gasteiger partial charge in [-0.3, -0.25) is 0 Å². The monoisotopic (exact) mass is 417 g/mol. The molecular weight excluding hydrogens is 382 g/mol. The first kappa shape index (κ1) is 25.2. The van der Waals surface area contributed by atoms with E-state index < -0.39 is 29.2 Å². The highest BCUT2D eigenvalue weighted by Gasteiger charge is 2.51. The predicted octanol–water partition coefficient (Wildman–Crippen LogP) is 2.35. The highest BCUT2D eigenvalue weighted by molar-refractivity contribution is 6.03. The van der Waals surface area contributed by atoms with Gasteiger partial charge in [-0.25, -0.2) is 14.4 Å². The van der Waals surface area contributed by atoms with E-state index in [9.17, 15) is 14.4 Å². The molecule has 0 aromatic rings. The van der Waals surface area contributed by atoms with Crippen LogP contribution in [-0.2, 0) is 33.3 Å². The molecule has 0 aromatic carbocycles. The molecule has 168 valence electrons. The first-order valence-corrected chi connectivity index (χ1v) is 10.2. The lowest BCUT2D eigenvalue weighted by Crippen LogP contribution is -2.54. The molecule has 1 N–H and O–H groups in total. The van der Waals surface area contributed by atoms with Crippen LogP contribution < -0.4 is 5.32 Å². The Morgan fingerprint density at radius 3 is 2.03 bits per heavy atom. The average Bonchev–Trinajstić information content (AvgIpc) is 2.64. The molecule has 1 aliphatic rings. The van der Waals surface area contributed by atoms with Gasteiger partial charge in [0.2, 0.25) is 0 Å². The van der Waals surface area contributed by atoms with Gasteiger partial charge in [0.25, 0.3) is 5.60 Å². The molecular formula is C20H35NO8. The Bertz CT molecular complexity index is 519. The molecule has 0 radical (unpaired) electrons. The molecule has 9 nitrogen and oxygen atoms in total. The van der Waals surface area contributed by atoms with E-state index in [1.807, 2.05) is 0 Å². The van der Waals surface area contributed by atoms with Crippen LogP contribution in [0.15, 0.2) is 0 Å². The highest BCUT2D eigenvalue weighted by Crippen LogP contribution is 2.28. The molecule has 1 saturated heterocycles. The van der Waals surface area contributed by atoms with E-state index in [0.29, 0.717) is 32.5 Å². The van der Waals surface area contributed by atoms with Gasteiger partial charge in [0.15, 0.2) is 0 Å². The van der Waals surface area contributed by atoms with Crippen molar-refractivity contribution in [3.05, 3.63) is 0 Å². The SMILES string of the molecule is CCOC(=O)C(CCCNC(=O)OC(C)(C)C)(OC1CCOCC1)C(=O)OCC. The standard InChI is InChI=1S/C20H35NO8/c1-6-26-16(22)20(17(23)27-7-2,28-15-9-13-25-14-10-15)11-8-12-21-18(24)29-19(3,4)5/h15H,6-14H2,1-5H3,(H,21,24). The van der Waals surface area contributed by atoms with Gasteiger partial charge in [-0.2, -0.15) is 0 Å². The van der Waals surface area contributed by atoms with Crippen LogP contribution in [-0.4, -0.2) is 68.3 Å². The van der Waals surface area contributed by atoms with Crippen LogP contribution in [0.25, 0.3) is 0 Å². The highest BCUT2D eigenvalue weighted by atomic mass is 16.6. The molecule has 1 fully saturated rings. The van der Waals surface area contributed by atoms with Gasteiger partial charge in [0, 0.05) is 26.2 Å². The summed E-state index contributed by atoms with van der Waals surface area (Å²) in [5.74, 6) is -1.55. The maximum absolute atomic E-state index is 12.8. The third-order valence-corrected chi connectivity index (χ3v) is 4.12. The largest absolute Gasteiger partial charge is 0.463 e. The van der Waals surface area contributed by atoms with Crippen molar-refractivity contribution in [3.63, 3.8) is 0 Å². The molecule has 0 unspecified atom stereocenters. The van der Waals surface area contributed by atoms with Crippen LogP contribution in [0, 0.1) is 0 Å². The number of carbonyl (C=O) groups is 3. The molecule has 1 aliphatic heterocycles. The first-order chi connectivity index (χ1) is 13.6. The summed E-state index contributed by atoms with van der Waals surface area (Å²) < 4.78 is 26.8. The summed E-state index contributed by atoms with van der Waals surface area (Å²) in [7, 11) is 0. The number of ether oxygens (including phenoxy) is 5. The minimum absolute atomic E-state index is 0.0117. The summed E-state index contributed by atoms with van der Waals surface area (Å²) >= 11 is 0. The topological polar surface area (TPSA) is 109 Å². The number of alkyl carbamates (subject to hydrolysis) is 1. The van der Waals surface area contributed by atoms with Crippen molar-refractivity contribution >= 4 is 18.0 Å². The van der Waals surface area contributed by atoms with E-state index in [4.69, 9.17) is 23.7 Å². The molecule has 0 bridgehead atoms. The van der Waals surface area contributed by atoms with E-state index in [0.717, 1.165) is 0 Å². The van der Waals surface area contributed by atoms with Gasteiger partial charge >= 0.3 is 18.0 Å². The van der Waals surface area contributed by atoms with Crippen molar-refractivity contribution < 1.29 is 38.1 Å². The molecule has 0 aliphatic carbocycles. The summed E-state index contributed by atoms with van der Waals surface area (Å²) in [5.41, 5.74) is -2.49. The van der Waals surface area contributed by atoms with Crippen LogP contribution in [0.1, 0.15) is 60.3 Å². The van der Waals surface area contributed by atoms with E-state index in [-0.39, 0.29) is 32.3 Å². The molecule has 1 amide bonds. The second-order valence-corrected chi connectivity index (χ2v) is 7.73. The Kier molecular flexibility index (Phi) is 10.4. The molecule has 1 rings (SSSR count). The fourth-order valence-electron chi connectivity index (χ4n) is 2.86. The number of amides is 1. The molecule has 9 heteroatoms. The zero-order chi connectivity index (χ0) is 21.9. The number of hydrogen-bond acceptors (Lipinski definition) is 8. The van der Waals surface area contributed by atoms with E-state index in [1.54, 1.807) is 34.6 Å². The third-order valence-electron chi connectivity index (χ3n) is 4.12. The van der Waals surface area contributed by atoms with E-state index in [1.165, 1.54) is 0 Å². The fraction of sp³-hybridized carbons (Fsp3) is 0.850. The van der Waals surface area contributed by atoms with Crippen LogP contribution in [0.5, 0.6) is 0 Å². The van der Waals surface area contributed by atoms with Crippen molar-refractivity contribution in [2.75, 3.05) is 33.0 Å². The molecule has 0 aromatic heterocycles. The lowest BCUT2D eigenvalue weighted by atomic mass is 9.96. The Balaban J connectivity index is 2.86. The van der Waals surface area contributed by atoms with Crippen LogP contribution in [0.3, 0.4) is 0 Å². The Labute approximate surface area is 172 Å². The van der Waals surface area contributed by atoms with Gasteiger partial charge in [-0.05, 0) is 53.9 Å². The maximum atomic E-state index is 12.8. The minimum atomic E-state index is -1.87. The first-order valence-electron chi connectivity index (χ1n) is 10.2. The number of rotatable bonds is 10. The van der Waals surface area contributed by atoms with Crippen LogP contribution in [0.2, 0.25) is 0 Å². The number of carbonyl (C=O) groups excluding carboxylic acids is 3. The zero-order valence-electron chi connectivity index (χ0n) is 18.2. The second kappa shape index (κ2) is 12.0. The van der Waals surface area contributed by atoms with Gasteiger partial charge in [0.1, 0.15) is 5.60 Å². The summed E-state index contributed by atoms with van der Waals surface area (Å²) in [4.78, 5) is 37.4. The van der Waals surface area contributed by atoms with E-state index in [2.05, 4.69) is 5.32 Å². The molecule has 0 saturated carbocycles. The van der Waals surface area contributed by atoms with Crippen molar-refractivity contribution in [2.45, 2.75) is 77.6 Å². The smallest absolute Gasteiger partial charge is 0.407 e. The molecule has 29 heavy (non-hydrogen) atoms. The molecule has 0 spiro atoms. The Hall–Kier alpha value is -1.87. The van der Waals surface area contributed by atoms with Gasteiger partial charge < -0.3 is 29.0 Å². The summed E-state index contributed by atoms with van der Waals surface area (Å²) in [6.45, 7) is 10.0. The number of nitrogens with one attached hydrogen (secondary N) is 1. The maximum Gasteiger partial charge on any atom is 0.407 e.